The molecule has 7 heteroatoms. The van der Waals surface area contributed by atoms with Gasteiger partial charge in [-0.2, -0.15) is 0 Å². The summed E-state index contributed by atoms with van der Waals surface area (Å²) >= 11 is 3.58. The zero-order valence-corrected chi connectivity index (χ0v) is 25.2. The number of fused-ring (bicyclic) bond motifs is 1. The van der Waals surface area contributed by atoms with E-state index in [0.29, 0.717) is 0 Å². The van der Waals surface area contributed by atoms with Crippen molar-refractivity contribution in [3.8, 4) is 5.75 Å². The van der Waals surface area contributed by atoms with E-state index in [1.54, 1.807) is 7.11 Å². The van der Waals surface area contributed by atoms with E-state index in [-0.39, 0.29) is 6.04 Å². The minimum Gasteiger partial charge on any atom is -0.495 e. The molecule has 1 aliphatic rings. The molecule has 1 saturated heterocycles. The van der Waals surface area contributed by atoms with Gasteiger partial charge in [-0.25, -0.2) is 9.97 Å². The van der Waals surface area contributed by atoms with Crippen LogP contribution in [-0.2, 0) is 0 Å². The summed E-state index contributed by atoms with van der Waals surface area (Å²) in [6.07, 6.45) is 10.6. The van der Waals surface area contributed by atoms with E-state index < -0.39 is 0 Å². The summed E-state index contributed by atoms with van der Waals surface area (Å²) in [4.78, 5) is 14.5. The maximum atomic E-state index is 5.85. The topological polar surface area (TPSA) is 53.5 Å². The van der Waals surface area contributed by atoms with Gasteiger partial charge >= 0.3 is 0 Å². The molecule has 2 aromatic carbocycles. The third-order valence-corrected chi connectivity index (χ3v) is 8.13. The predicted molar refractivity (Wildman–Crippen MR) is 164 cm³/mol. The second kappa shape index (κ2) is 14.1. The molecule has 0 bridgehead atoms. The predicted octanol–water partition coefficient (Wildman–Crippen LogP) is 7.76. The van der Waals surface area contributed by atoms with Crippen molar-refractivity contribution in [2.75, 3.05) is 50.6 Å². The van der Waals surface area contributed by atoms with Crippen molar-refractivity contribution in [3.05, 3.63) is 52.3 Å². The Morgan fingerprint density at radius 2 is 1.79 bits per heavy atom. The minimum absolute atomic E-state index is 0.0956. The van der Waals surface area contributed by atoms with Crippen LogP contribution in [0.2, 0.25) is 0 Å². The van der Waals surface area contributed by atoms with Gasteiger partial charge in [0, 0.05) is 23.5 Å². The van der Waals surface area contributed by atoms with E-state index in [0.717, 1.165) is 45.0 Å². The molecule has 1 N–H and O–H groups in total. The Morgan fingerprint density at radius 1 is 1.03 bits per heavy atom. The molecule has 0 amide bonds. The molecule has 4 rings (SSSR count). The van der Waals surface area contributed by atoms with Crippen molar-refractivity contribution in [2.45, 2.75) is 71.3 Å². The van der Waals surface area contributed by atoms with Crippen LogP contribution in [0.15, 0.2) is 40.9 Å². The standard InChI is InChI=1S/C31H44BrN5O/c1-23(25-14-13-15-26(32)20-25)33-31-27-21-30(38-4)29(22-28(27)34-24(2)35-31)36(3)16-9-6-5-7-10-17-37-18-11-8-12-19-37/h13-15,20-23H,5-12,16-19H2,1-4H3,(H,33,34,35). The number of aromatic nitrogens is 2. The monoisotopic (exact) mass is 581 g/mol. The maximum Gasteiger partial charge on any atom is 0.143 e. The number of benzene rings is 2. The van der Waals surface area contributed by atoms with E-state index in [1.165, 1.54) is 76.6 Å². The molecule has 6 nitrogen and oxygen atoms in total. The van der Waals surface area contributed by atoms with Crippen LogP contribution in [0, 0.1) is 6.92 Å². The Bertz CT molecular complexity index is 1180. The summed E-state index contributed by atoms with van der Waals surface area (Å²) in [6.45, 7) is 9.01. The van der Waals surface area contributed by atoms with Gasteiger partial charge in [0.05, 0.1) is 24.4 Å². The van der Waals surface area contributed by atoms with Crippen LogP contribution in [0.4, 0.5) is 11.5 Å². The largest absolute Gasteiger partial charge is 0.495 e. The molecule has 0 saturated carbocycles. The van der Waals surface area contributed by atoms with Crippen molar-refractivity contribution < 1.29 is 4.74 Å². The Kier molecular flexibility index (Phi) is 10.6. The second-order valence-corrected chi connectivity index (χ2v) is 11.6. The summed E-state index contributed by atoms with van der Waals surface area (Å²) in [5, 5.41) is 4.58. The van der Waals surface area contributed by atoms with Crippen LogP contribution in [-0.4, -0.2) is 55.2 Å². The lowest BCUT2D eigenvalue weighted by Crippen LogP contribution is -2.30. The number of hydrogen-bond donors (Lipinski definition) is 1. The van der Waals surface area contributed by atoms with Crippen molar-refractivity contribution in [1.29, 1.82) is 0 Å². The normalized spacial score (nSPS) is 15.0. The smallest absolute Gasteiger partial charge is 0.143 e. The molecule has 38 heavy (non-hydrogen) atoms. The van der Waals surface area contributed by atoms with Gasteiger partial charge in [0.15, 0.2) is 0 Å². The fraction of sp³-hybridized carbons (Fsp3) is 0.548. The molecule has 0 aliphatic carbocycles. The number of methoxy groups -OCH3 is 1. The van der Waals surface area contributed by atoms with E-state index >= 15 is 0 Å². The first kappa shape index (κ1) is 28.6. The molecule has 3 aromatic rings. The fourth-order valence-corrected chi connectivity index (χ4v) is 5.83. The van der Waals surface area contributed by atoms with Gasteiger partial charge in [0.25, 0.3) is 0 Å². The molecule has 1 aromatic heterocycles. The van der Waals surface area contributed by atoms with Crippen molar-refractivity contribution >= 4 is 38.3 Å². The van der Waals surface area contributed by atoms with Gasteiger partial charge in [-0.05, 0) is 89.0 Å². The van der Waals surface area contributed by atoms with Crippen molar-refractivity contribution in [1.82, 2.24) is 14.9 Å². The first-order valence-electron chi connectivity index (χ1n) is 14.3. The van der Waals surface area contributed by atoms with Gasteiger partial charge in [-0.3, -0.25) is 0 Å². The van der Waals surface area contributed by atoms with E-state index in [4.69, 9.17) is 14.7 Å². The number of piperidine rings is 1. The van der Waals surface area contributed by atoms with E-state index in [2.05, 4.69) is 75.3 Å². The molecule has 1 unspecified atom stereocenters. The van der Waals surface area contributed by atoms with Gasteiger partial charge in [0.2, 0.25) is 0 Å². The first-order chi connectivity index (χ1) is 18.4. The van der Waals surface area contributed by atoms with Crippen LogP contribution in [0.25, 0.3) is 10.9 Å². The summed E-state index contributed by atoms with van der Waals surface area (Å²) in [5.41, 5.74) is 3.20. The van der Waals surface area contributed by atoms with Crippen LogP contribution < -0.4 is 15.0 Å². The first-order valence-corrected chi connectivity index (χ1v) is 15.1. The number of aryl methyl sites for hydroxylation is 1. The number of halogens is 1. The van der Waals surface area contributed by atoms with Crippen molar-refractivity contribution in [2.24, 2.45) is 0 Å². The number of ether oxygens (including phenoxy) is 1. The molecule has 0 radical (unpaired) electrons. The van der Waals surface area contributed by atoms with Gasteiger partial charge < -0.3 is 19.9 Å². The number of hydrogen-bond acceptors (Lipinski definition) is 6. The molecule has 1 aliphatic heterocycles. The number of nitrogens with one attached hydrogen (secondary N) is 1. The Hall–Kier alpha value is -2.38. The number of nitrogens with zero attached hydrogens (tertiary/aromatic N) is 4. The Balaban J connectivity index is 1.36. The fourth-order valence-electron chi connectivity index (χ4n) is 5.42. The molecule has 206 valence electrons. The Labute approximate surface area is 237 Å². The zero-order valence-electron chi connectivity index (χ0n) is 23.6. The highest BCUT2D eigenvalue weighted by Crippen LogP contribution is 2.35. The lowest BCUT2D eigenvalue weighted by Gasteiger charge is -2.26. The average Bonchev–Trinajstić information content (AvgIpc) is 2.92. The zero-order chi connectivity index (χ0) is 26.9. The third-order valence-electron chi connectivity index (χ3n) is 7.64. The lowest BCUT2D eigenvalue weighted by molar-refractivity contribution is 0.224. The van der Waals surface area contributed by atoms with E-state index in [9.17, 15) is 0 Å². The molecule has 0 spiro atoms. The van der Waals surface area contributed by atoms with E-state index in [1.807, 2.05) is 13.0 Å². The van der Waals surface area contributed by atoms with Crippen LogP contribution >= 0.6 is 15.9 Å². The highest BCUT2D eigenvalue weighted by atomic mass is 79.9. The Morgan fingerprint density at radius 3 is 2.55 bits per heavy atom. The molecule has 1 fully saturated rings. The average molecular weight is 583 g/mol. The maximum absolute atomic E-state index is 5.85. The summed E-state index contributed by atoms with van der Waals surface area (Å²) in [5.74, 6) is 2.44. The van der Waals surface area contributed by atoms with Crippen molar-refractivity contribution in [3.63, 3.8) is 0 Å². The third kappa shape index (κ3) is 7.82. The van der Waals surface area contributed by atoms with Gasteiger partial charge in [0.1, 0.15) is 17.4 Å². The molecular weight excluding hydrogens is 538 g/mol. The highest BCUT2D eigenvalue weighted by Gasteiger charge is 2.16. The summed E-state index contributed by atoms with van der Waals surface area (Å²) in [6, 6.07) is 12.7. The number of rotatable bonds is 13. The van der Waals surface area contributed by atoms with Crippen LogP contribution in [0.5, 0.6) is 5.75 Å². The SMILES string of the molecule is COc1cc2c(NC(C)c3cccc(Br)c3)nc(C)nc2cc1N(C)CCCCCCCN1CCCCC1. The summed E-state index contributed by atoms with van der Waals surface area (Å²) in [7, 11) is 3.90. The second-order valence-electron chi connectivity index (χ2n) is 10.7. The molecular formula is C31H44BrN5O. The number of likely N-dealkylation sites (tertiary alicyclic amines) is 1. The van der Waals surface area contributed by atoms with Gasteiger partial charge in [-0.15, -0.1) is 0 Å². The quantitative estimate of drug-likeness (QED) is 0.208. The molecule has 2 heterocycles. The summed E-state index contributed by atoms with van der Waals surface area (Å²) < 4.78 is 6.92. The lowest BCUT2D eigenvalue weighted by atomic mass is 10.1. The van der Waals surface area contributed by atoms with Crippen LogP contribution in [0.1, 0.15) is 75.7 Å². The highest BCUT2D eigenvalue weighted by molar-refractivity contribution is 9.10. The number of anilines is 2. The number of unbranched alkanes of at least 4 members (excludes halogenated alkanes) is 4. The van der Waals surface area contributed by atoms with Crippen LogP contribution in [0.3, 0.4) is 0 Å². The molecule has 1 atom stereocenters. The van der Waals surface area contributed by atoms with Gasteiger partial charge in [-0.1, -0.05) is 53.7 Å². The minimum atomic E-state index is 0.0956.